The minimum atomic E-state index is -3.73. The fraction of sp³-hybridized carbons (Fsp3) is 0.438. The molecule has 2 heterocycles. The zero-order valence-corrected chi connectivity index (χ0v) is 15.0. The highest BCUT2D eigenvalue weighted by Crippen LogP contribution is 2.32. The maximum Gasteiger partial charge on any atom is 0.335 e. The van der Waals surface area contributed by atoms with Gasteiger partial charge in [0.1, 0.15) is 6.04 Å². The lowest BCUT2D eigenvalue weighted by Gasteiger charge is -2.21. The molecule has 0 spiro atoms. The van der Waals surface area contributed by atoms with Crippen molar-refractivity contribution in [2.24, 2.45) is 0 Å². The minimum absolute atomic E-state index is 0.0932. The van der Waals surface area contributed by atoms with Gasteiger partial charge in [0, 0.05) is 18.8 Å². The molecule has 1 atom stereocenters. The van der Waals surface area contributed by atoms with Crippen molar-refractivity contribution in [1.82, 2.24) is 15.1 Å². The van der Waals surface area contributed by atoms with Crippen LogP contribution in [0.1, 0.15) is 36.8 Å². The first-order valence-electron chi connectivity index (χ1n) is 7.97. The number of carbonyl (C=O) groups excluding carboxylic acids is 1. The smallest absolute Gasteiger partial charge is 0.335 e. The van der Waals surface area contributed by atoms with Crippen molar-refractivity contribution in [1.29, 1.82) is 0 Å². The Kier molecular flexibility index (Phi) is 5.39. The van der Waals surface area contributed by atoms with E-state index >= 15 is 0 Å². The molecule has 0 saturated carbocycles. The third-order valence-electron chi connectivity index (χ3n) is 4.05. The molecule has 0 aliphatic carbocycles. The monoisotopic (exact) mass is 383 g/mol. The Morgan fingerprint density at radius 1 is 1.28 bits per heavy atom. The number of likely N-dealkylation sites (tertiary alicyclic amines) is 1. The SMILES string of the molecule is O=C(CCCl)N1CCC[C@H]1c1nnc(S(=O)(=O)Cc2ccccc2)o1. The first kappa shape index (κ1) is 17.9. The van der Waals surface area contributed by atoms with E-state index in [2.05, 4.69) is 10.2 Å². The summed E-state index contributed by atoms with van der Waals surface area (Å²) in [5.41, 5.74) is 0.641. The van der Waals surface area contributed by atoms with E-state index in [1.165, 1.54) is 0 Å². The van der Waals surface area contributed by atoms with Crippen molar-refractivity contribution in [2.75, 3.05) is 12.4 Å². The number of halogens is 1. The Morgan fingerprint density at radius 3 is 2.76 bits per heavy atom. The van der Waals surface area contributed by atoms with Crippen LogP contribution in [0.4, 0.5) is 0 Å². The summed E-state index contributed by atoms with van der Waals surface area (Å²) in [4.78, 5) is 13.7. The predicted molar refractivity (Wildman–Crippen MR) is 90.7 cm³/mol. The molecule has 1 amide bonds. The first-order chi connectivity index (χ1) is 12.0. The Balaban J connectivity index is 1.78. The van der Waals surface area contributed by atoms with E-state index in [0.29, 0.717) is 18.5 Å². The van der Waals surface area contributed by atoms with Crippen LogP contribution in [0.5, 0.6) is 0 Å². The van der Waals surface area contributed by atoms with E-state index in [1.807, 2.05) is 6.07 Å². The number of alkyl halides is 1. The number of hydrogen-bond donors (Lipinski definition) is 0. The number of hydrogen-bond acceptors (Lipinski definition) is 6. The summed E-state index contributed by atoms with van der Waals surface area (Å²) in [7, 11) is -3.73. The largest absolute Gasteiger partial charge is 0.410 e. The van der Waals surface area contributed by atoms with Gasteiger partial charge in [-0.2, -0.15) is 0 Å². The maximum absolute atomic E-state index is 12.5. The van der Waals surface area contributed by atoms with Crippen LogP contribution < -0.4 is 0 Å². The zero-order valence-electron chi connectivity index (χ0n) is 13.5. The van der Waals surface area contributed by atoms with Gasteiger partial charge in [0.25, 0.3) is 0 Å². The average Bonchev–Trinajstić information content (AvgIpc) is 3.25. The van der Waals surface area contributed by atoms with E-state index in [9.17, 15) is 13.2 Å². The van der Waals surface area contributed by atoms with Crippen LogP contribution in [-0.2, 0) is 20.4 Å². The molecular weight excluding hydrogens is 366 g/mol. The molecule has 0 unspecified atom stereocenters. The van der Waals surface area contributed by atoms with Crippen molar-refractivity contribution < 1.29 is 17.6 Å². The number of sulfone groups is 1. The summed E-state index contributed by atoms with van der Waals surface area (Å²) in [5, 5.41) is 7.16. The van der Waals surface area contributed by atoms with Crippen molar-refractivity contribution in [3.63, 3.8) is 0 Å². The van der Waals surface area contributed by atoms with E-state index in [4.69, 9.17) is 16.0 Å². The van der Waals surface area contributed by atoms with Crippen LogP contribution in [0.25, 0.3) is 0 Å². The molecule has 3 rings (SSSR count). The molecule has 1 fully saturated rings. The van der Waals surface area contributed by atoms with E-state index in [-0.39, 0.29) is 35.9 Å². The van der Waals surface area contributed by atoms with Crippen LogP contribution in [0, 0.1) is 0 Å². The molecular formula is C16H18ClN3O4S. The number of rotatable bonds is 6. The fourth-order valence-electron chi connectivity index (χ4n) is 2.88. The van der Waals surface area contributed by atoms with Crippen LogP contribution in [0.2, 0.25) is 0 Å². The summed E-state index contributed by atoms with van der Waals surface area (Å²) in [6.45, 7) is 0.578. The molecule has 0 radical (unpaired) electrons. The molecule has 9 heteroatoms. The molecule has 0 bridgehead atoms. The van der Waals surface area contributed by atoms with Crippen LogP contribution in [0.3, 0.4) is 0 Å². The van der Waals surface area contributed by atoms with Gasteiger partial charge in [-0.25, -0.2) is 8.42 Å². The lowest BCUT2D eigenvalue weighted by atomic mass is 10.2. The van der Waals surface area contributed by atoms with E-state index in [1.54, 1.807) is 29.2 Å². The third-order valence-corrected chi connectivity index (χ3v) is 5.65. The first-order valence-corrected chi connectivity index (χ1v) is 10.2. The zero-order chi connectivity index (χ0) is 17.9. The molecule has 25 heavy (non-hydrogen) atoms. The standard InChI is InChI=1S/C16H18ClN3O4S/c17-9-8-14(21)20-10-4-7-13(20)15-18-19-16(24-15)25(22,23)11-12-5-2-1-3-6-12/h1-3,5-6,13H,4,7-11H2/t13-/m0/s1. The van der Waals surface area contributed by atoms with Crippen LogP contribution in [-0.4, -0.2) is 41.8 Å². The number of aromatic nitrogens is 2. The highest BCUT2D eigenvalue weighted by Gasteiger charge is 2.34. The summed E-state index contributed by atoms with van der Waals surface area (Å²) in [6, 6.07) is 8.40. The second-order valence-electron chi connectivity index (χ2n) is 5.84. The molecule has 7 nitrogen and oxygen atoms in total. The van der Waals surface area contributed by atoms with E-state index < -0.39 is 15.1 Å². The van der Waals surface area contributed by atoms with Crippen molar-refractivity contribution in [3.8, 4) is 0 Å². The highest BCUT2D eigenvalue weighted by molar-refractivity contribution is 7.90. The summed E-state index contributed by atoms with van der Waals surface area (Å²) >= 11 is 5.63. The quantitative estimate of drug-likeness (QED) is 0.710. The normalized spacial score (nSPS) is 17.8. The summed E-state index contributed by atoms with van der Waals surface area (Å²) in [5.74, 6) is 0.0916. The second kappa shape index (κ2) is 7.53. The third kappa shape index (κ3) is 4.01. The topological polar surface area (TPSA) is 93.4 Å². The fourth-order valence-corrected chi connectivity index (χ4v) is 4.18. The van der Waals surface area contributed by atoms with Gasteiger partial charge in [0.05, 0.1) is 5.75 Å². The molecule has 1 aliphatic heterocycles. The Bertz CT molecular complexity index is 838. The van der Waals surface area contributed by atoms with Gasteiger partial charge >= 0.3 is 5.22 Å². The summed E-state index contributed by atoms with van der Waals surface area (Å²) in [6.07, 6.45) is 1.69. The van der Waals surface area contributed by atoms with Gasteiger partial charge in [-0.05, 0) is 18.4 Å². The molecule has 0 N–H and O–H groups in total. The van der Waals surface area contributed by atoms with Gasteiger partial charge in [-0.1, -0.05) is 35.4 Å². The van der Waals surface area contributed by atoms with Gasteiger partial charge < -0.3 is 9.32 Å². The molecule has 2 aromatic rings. The average molecular weight is 384 g/mol. The Labute approximate surface area is 150 Å². The number of nitrogens with zero attached hydrogens (tertiary/aromatic N) is 3. The molecule has 134 valence electrons. The van der Waals surface area contributed by atoms with Gasteiger partial charge in [0.15, 0.2) is 0 Å². The number of amides is 1. The maximum atomic E-state index is 12.5. The molecule has 1 aromatic heterocycles. The molecule has 1 aliphatic rings. The van der Waals surface area contributed by atoms with Crippen molar-refractivity contribution in [2.45, 2.75) is 36.3 Å². The van der Waals surface area contributed by atoms with E-state index in [0.717, 1.165) is 6.42 Å². The lowest BCUT2D eigenvalue weighted by Crippen LogP contribution is -2.30. The van der Waals surface area contributed by atoms with Crippen molar-refractivity contribution >= 4 is 27.3 Å². The Hall–Kier alpha value is -1.93. The van der Waals surface area contributed by atoms with Crippen LogP contribution in [0.15, 0.2) is 40.0 Å². The number of benzene rings is 1. The molecule has 1 saturated heterocycles. The highest BCUT2D eigenvalue weighted by atomic mass is 35.5. The van der Waals surface area contributed by atoms with Gasteiger partial charge in [-0.15, -0.1) is 16.7 Å². The number of carbonyl (C=O) groups is 1. The predicted octanol–water partition coefficient (Wildman–Crippen LogP) is 2.34. The van der Waals surface area contributed by atoms with Crippen molar-refractivity contribution in [3.05, 3.63) is 41.8 Å². The lowest BCUT2D eigenvalue weighted by molar-refractivity contribution is -0.132. The van der Waals surface area contributed by atoms with Gasteiger partial charge in [-0.3, -0.25) is 4.79 Å². The van der Waals surface area contributed by atoms with Gasteiger partial charge in [0.2, 0.25) is 21.6 Å². The summed E-state index contributed by atoms with van der Waals surface area (Å²) < 4.78 is 30.3. The minimum Gasteiger partial charge on any atom is -0.410 e. The van der Waals surface area contributed by atoms with Crippen LogP contribution >= 0.6 is 11.6 Å². The second-order valence-corrected chi connectivity index (χ2v) is 8.08. The Morgan fingerprint density at radius 2 is 2.04 bits per heavy atom. The molecule has 1 aromatic carbocycles.